The second kappa shape index (κ2) is 14.0. The summed E-state index contributed by atoms with van der Waals surface area (Å²) < 4.78 is 0. The number of unbranched alkanes of at least 4 members (excludes halogenated alkanes) is 6. The molecule has 0 amide bonds. The van der Waals surface area contributed by atoms with E-state index in [1.165, 1.54) is 70.6 Å². The predicted octanol–water partition coefficient (Wildman–Crippen LogP) is 5.32. The Morgan fingerprint density at radius 1 is 0.647 bits per heavy atom. The van der Waals surface area contributed by atoms with Crippen molar-refractivity contribution >= 4 is 0 Å². The Balaban J connectivity index is 3.34. The van der Waals surface area contributed by atoms with E-state index in [-0.39, 0.29) is 0 Å². The van der Waals surface area contributed by atoms with Crippen molar-refractivity contribution in [1.82, 2.24) is 0 Å². The van der Waals surface area contributed by atoms with E-state index in [0.29, 0.717) is 6.61 Å². The molecule has 0 saturated heterocycles. The van der Waals surface area contributed by atoms with E-state index in [9.17, 15) is 0 Å². The molecular formula is C16H34O. The van der Waals surface area contributed by atoms with Crippen molar-refractivity contribution in [2.75, 3.05) is 6.61 Å². The van der Waals surface area contributed by atoms with Crippen LogP contribution in [0.4, 0.5) is 0 Å². The van der Waals surface area contributed by atoms with Gasteiger partial charge in [-0.2, -0.15) is 0 Å². The van der Waals surface area contributed by atoms with Crippen molar-refractivity contribution < 1.29 is 5.11 Å². The Kier molecular flexibility index (Phi) is 14.0. The van der Waals surface area contributed by atoms with Crippen molar-refractivity contribution in [3.05, 3.63) is 0 Å². The van der Waals surface area contributed by atoms with E-state index in [4.69, 9.17) is 5.11 Å². The van der Waals surface area contributed by atoms with Crippen molar-refractivity contribution in [2.24, 2.45) is 5.92 Å². The lowest BCUT2D eigenvalue weighted by molar-refractivity contribution is 0.263. The zero-order valence-electron chi connectivity index (χ0n) is 12.2. The molecule has 0 aliphatic carbocycles. The van der Waals surface area contributed by atoms with E-state index in [1.807, 2.05) is 0 Å². The zero-order chi connectivity index (χ0) is 12.8. The summed E-state index contributed by atoms with van der Waals surface area (Å²) in [5.41, 5.74) is 0. The summed E-state index contributed by atoms with van der Waals surface area (Å²) in [5, 5.41) is 8.88. The van der Waals surface area contributed by atoms with Crippen LogP contribution in [-0.4, -0.2) is 11.7 Å². The van der Waals surface area contributed by atoms with Crippen LogP contribution in [-0.2, 0) is 0 Å². The Hall–Kier alpha value is -0.0400. The smallest absolute Gasteiger partial charge is 0.0431 e. The van der Waals surface area contributed by atoms with Crippen LogP contribution in [0.15, 0.2) is 0 Å². The highest BCUT2D eigenvalue weighted by Crippen LogP contribution is 2.21. The lowest BCUT2D eigenvalue weighted by atomic mass is 9.92. The molecule has 0 bridgehead atoms. The van der Waals surface area contributed by atoms with Crippen LogP contribution in [0.25, 0.3) is 0 Å². The molecule has 0 radical (unpaired) electrons. The highest BCUT2D eigenvalue weighted by molar-refractivity contribution is 4.59. The highest BCUT2D eigenvalue weighted by Gasteiger charge is 2.06. The maximum Gasteiger partial charge on any atom is 0.0431 e. The first-order valence-corrected chi connectivity index (χ1v) is 7.96. The highest BCUT2D eigenvalue weighted by atomic mass is 16.2. The number of hydrogen-bond acceptors (Lipinski definition) is 1. The lowest BCUT2D eigenvalue weighted by Gasteiger charge is -2.15. The minimum Gasteiger partial charge on any atom is -0.396 e. The van der Waals surface area contributed by atoms with E-state index >= 15 is 0 Å². The van der Waals surface area contributed by atoms with Gasteiger partial charge in [0.05, 0.1) is 0 Å². The van der Waals surface area contributed by atoms with Crippen molar-refractivity contribution in [1.29, 1.82) is 0 Å². The second-order valence-corrected chi connectivity index (χ2v) is 5.43. The van der Waals surface area contributed by atoms with Gasteiger partial charge < -0.3 is 5.11 Å². The van der Waals surface area contributed by atoms with E-state index in [1.54, 1.807) is 0 Å². The van der Waals surface area contributed by atoms with Crippen molar-refractivity contribution in [3.63, 3.8) is 0 Å². The number of aliphatic hydroxyl groups excluding tert-OH is 1. The molecule has 0 aromatic carbocycles. The summed E-state index contributed by atoms with van der Waals surface area (Å²) in [6.07, 6.45) is 16.2. The summed E-state index contributed by atoms with van der Waals surface area (Å²) in [6, 6.07) is 0. The van der Waals surface area contributed by atoms with Gasteiger partial charge in [0.25, 0.3) is 0 Å². The normalized spacial score (nSPS) is 12.9. The molecule has 17 heavy (non-hydrogen) atoms. The van der Waals surface area contributed by atoms with Gasteiger partial charge in [-0.15, -0.1) is 0 Å². The maximum atomic E-state index is 8.88. The first kappa shape index (κ1) is 17.0. The van der Waals surface area contributed by atoms with Gasteiger partial charge in [0.1, 0.15) is 0 Å². The number of hydrogen-bond donors (Lipinski definition) is 1. The molecule has 0 saturated carbocycles. The Bertz CT molecular complexity index is 133. The molecule has 0 spiro atoms. The van der Waals surface area contributed by atoms with Gasteiger partial charge >= 0.3 is 0 Å². The first-order chi connectivity index (χ1) is 8.35. The summed E-state index contributed by atoms with van der Waals surface area (Å²) in [7, 11) is 0. The molecule has 0 aromatic rings. The molecule has 104 valence electrons. The first-order valence-electron chi connectivity index (χ1n) is 7.96. The Labute approximate surface area is 109 Å². The molecule has 0 aliphatic rings. The average molecular weight is 242 g/mol. The quantitative estimate of drug-likeness (QED) is 0.434. The zero-order valence-corrected chi connectivity index (χ0v) is 12.2. The molecule has 0 fully saturated rings. The van der Waals surface area contributed by atoms with Crippen molar-refractivity contribution in [3.8, 4) is 0 Å². The fraction of sp³-hybridized carbons (Fsp3) is 1.00. The van der Waals surface area contributed by atoms with Gasteiger partial charge in [-0.1, -0.05) is 78.1 Å². The second-order valence-electron chi connectivity index (χ2n) is 5.43. The fourth-order valence-electron chi connectivity index (χ4n) is 2.61. The fourth-order valence-corrected chi connectivity index (χ4v) is 2.61. The molecule has 1 atom stereocenters. The van der Waals surface area contributed by atoms with Gasteiger partial charge in [-0.3, -0.25) is 0 Å². The van der Waals surface area contributed by atoms with Gasteiger partial charge in [-0.25, -0.2) is 0 Å². The SMILES string of the molecule is CCCCCCCCCC(CCC)CCCO. The van der Waals surface area contributed by atoms with Crippen LogP contribution < -0.4 is 0 Å². The third kappa shape index (κ3) is 12.2. The molecule has 1 heteroatoms. The largest absolute Gasteiger partial charge is 0.396 e. The van der Waals surface area contributed by atoms with Crippen LogP contribution in [0.3, 0.4) is 0 Å². The van der Waals surface area contributed by atoms with E-state index in [0.717, 1.165) is 12.3 Å². The number of rotatable bonds is 13. The van der Waals surface area contributed by atoms with Gasteiger partial charge in [0.2, 0.25) is 0 Å². The summed E-state index contributed by atoms with van der Waals surface area (Å²) in [4.78, 5) is 0. The van der Waals surface area contributed by atoms with Crippen molar-refractivity contribution in [2.45, 2.75) is 90.9 Å². The monoisotopic (exact) mass is 242 g/mol. The van der Waals surface area contributed by atoms with Crippen LogP contribution in [0.2, 0.25) is 0 Å². The topological polar surface area (TPSA) is 20.2 Å². The summed E-state index contributed by atoms with van der Waals surface area (Å²) in [6.45, 7) is 4.92. The van der Waals surface area contributed by atoms with Gasteiger partial charge in [0, 0.05) is 6.61 Å². The van der Waals surface area contributed by atoms with Gasteiger partial charge in [-0.05, 0) is 18.8 Å². The average Bonchev–Trinajstić information content (AvgIpc) is 2.34. The minimum absolute atomic E-state index is 0.372. The molecule has 0 aliphatic heterocycles. The van der Waals surface area contributed by atoms with Gasteiger partial charge in [0.15, 0.2) is 0 Å². The molecule has 0 rings (SSSR count). The molecule has 0 heterocycles. The number of aliphatic hydroxyl groups is 1. The lowest BCUT2D eigenvalue weighted by Crippen LogP contribution is -2.01. The molecule has 0 aromatic heterocycles. The van der Waals surface area contributed by atoms with Crippen LogP contribution in [0.1, 0.15) is 90.9 Å². The van der Waals surface area contributed by atoms with E-state index in [2.05, 4.69) is 13.8 Å². The molecular weight excluding hydrogens is 208 g/mol. The van der Waals surface area contributed by atoms with Crippen LogP contribution >= 0.6 is 0 Å². The predicted molar refractivity (Wildman–Crippen MR) is 77.3 cm³/mol. The maximum absolute atomic E-state index is 8.88. The van der Waals surface area contributed by atoms with Crippen LogP contribution in [0.5, 0.6) is 0 Å². The summed E-state index contributed by atoms with van der Waals surface area (Å²) in [5.74, 6) is 0.878. The Morgan fingerprint density at radius 2 is 1.24 bits per heavy atom. The molecule has 1 nitrogen and oxygen atoms in total. The summed E-state index contributed by atoms with van der Waals surface area (Å²) >= 11 is 0. The molecule has 1 N–H and O–H groups in total. The van der Waals surface area contributed by atoms with Crippen LogP contribution in [0, 0.1) is 5.92 Å². The third-order valence-electron chi connectivity index (χ3n) is 3.68. The minimum atomic E-state index is 0.372. The Morgan fingerprint density at radius 3 is 1.82 bits per heavy atom. The van der Waals surface area contributed by atoms with E-state index < -0.39 is 0 Å². The molecule has 1 unspecified atom stereocenters. The third-order valence-corrected chi connectivity index (χ3v) is 3.68. The standard InChI is InChI=1S/C16H34O/c1-3-5-6-7-8-9-10-13-16(12-4-2)14-11-15-17/h16-17H,3-15H2,1-2H3.